The standard InChI is InChI=1S/C16H18F2N2/c1-9-4-11(3)15(14(18)7-9)16(20-19)12-5-10(2)6-13(17)8-12/h4-8,16,20H,19H2,1-3H3. The van der Waals surface area contributed by atoms with Gasteiger partial charge in [-0.3, -0.25) is 5.84 Å². The second-order valence-corrected chi connectivity index (χ2v) is 5.14. The Hall–Kier alpha value is -1.78. The van der Waals surface area contributed by atoms with Crippen molar-refractivity contribution in [2.45, 2.75) is 26.8 Å². The molecule has 0 aliphatic rings. The Morgan fingerprint density at radius 3 is 2.15 bits per heavy atom. The average molecular weight is 276 g/mol. The monoisotopic (exact) mass is 276 g/mol. The van der Waals surface area contributed by atoms with E-state index in [1.54, 1.807) is 13.0 Å². The lowest BCUT2D eigenvalue weighted by atomic mass is 9.93. The normalized spacial score (nSPS) is 12.5. The van der Waals surface area contributed by atoms with Gasteiger partial charge >= 0.3 is 0 Å². The first-order chi connectivity index (χ1) is 9.42. The first-order valence-corrected chi connectivity index (χ1v) is 6.42. The molecule has 0 aromatic heterocycles. The lowest BCUT2D eigenvalue weighted by Gasteiger charge is -2.21. The van der Waals surface area contributed by atoms with Gasteiger partial charge in [-0.25, -0.2) is 14.2 Å². The molecule has 1 unspecified atom stereocenters. The zero-order chi connectivity index (χ0) is 14.9. The quantitative estimate of drug-likeness (QED) is 0.665. The van der Waals surface area contributed by atoms with E-state index in [0.717, 1.165) is 16.7 Å². The third-order valence-corrected chi connectivity index (χ3v) is 3.33. The van der Waals surface area contributed by atoms with Crippen molar-refractivity contribution in [3.63, 3.8) is 0 Å². The number of hydrazine groups is 1. The van der Waals surface area contributed by atoms with Crippen LogP contribution in [0.15, 0.2) is 30.3 Å². The number of rotatable bonds is 3. The Balaban J connectivity index is 2.58. The Morgan fingerprint density at radius 1 is 0.950 bits per heavy atom. The molecule has 0 saturated heterocycles. The predicted octanol–water partition coefficient (Wildman–Crippen LogP) is 3.44. The minimum Gasteiger partial charge on any atom is -0.271 e. The fourth-order valence-corrected chi connectivity index (χ4v) is 2.57. The minimum absolute atomic E-state index is 0.340. The first kappa shape index (κ1) is 14.6. The second kappa shape index (κ2) is 5.69. The topological polar surface area (TPSA) is 38.0 Å². The number of halogens is 2. The largest absolute Gasteiger partial charge is 0.271 e. The number of hydrogen-bond acceptors (Lipinski definition) is 2. The zero-order valence-electron chi connectivity index (χ0n) is 11.8. The molecule has 4 heteroatoms. The molecule has 0 aliphatic heterocycles. The van der Waals surface area contributed by atoms with Gasteiger partial charge in [-0.1, -0.05) is 12.1 Å². The molecule has 0 fully saturated rings. The van der Waals surface area contributed by atoms with E-state index in [1.807, 2.05) is 19.9 Å². The summed E-state index contributed by atoms with van der Waals surface area (Å²) in [4.78, 5) is 0. The van der Waals surface area contributed by atoms with E-state index in [2.05, 4.69) is 5.43 Å². The maximum atomic E-state index is 14.2. The van der Waals surface area contributed by atoms with Crippen LogP contribution in [0, 0.1) is 32.4 Å². The van der Waals surface area contributed by atoms with Crippen LogP contribution in [0.5, 0.6) is 0 Å². The average Bonchev–Trinajstić information content (AvgIpc) is 2.32. The van der Waals surface area contributed by atoms with Crippen molar-refractivity contribution in [1.29, 1.82) is 0 Å². The molecular formula is C16H18F2N2. The maximum Gasteiger partial charge on any atom is 0.128 e. The predicted molar refractivity (Wildman–Crippen MR) is 76.2 cm³/mol. The molecule has 0 saturated carbocycles. The number of hydrogen-bond donors (Lipinski definition) is 2. The van der Waals surface area contributed by atoms with Gasteiger partial charge in [-0.05, 0) is 61.2 Å². The highest BCUT2D eigenvalue weighted by molar-refractivity contribution is 5.41. The molecule has 0 spiro atoms. The van der Waals surface area contributed by atoms with Gasteiger partial charge in [0.1, 0.15) is 11.6 Å². The fourth-order valence-electron chi connectivity index (χ4n) is 2.57. The van der Waals surface area contributed by atoms with Crippen molar-refractivity contribution < 1.29 is 8.78 Å². The Labute approximate surface area is 117 Å². The van der Waals surface area contributed by atoms with E-state index >= 15 is 0 Å². The van der Waals surface area contributed by atoms with Gasteiger partial charge in [-0.15, -0.1) is 0 Å². The van der Waals surface area contributed by atoms with Crippen LogP contribution in [0.25, 0.3) is 0 Å². The zero-order valence-corrected chi connectivity index (χ0v) is 11.8. The lowest BCUT2D eigenvalue weighted by Crippen LogP contribution is -2.30. The van der Waals surface area contributed by atoms with Crippen LogP contribution in [0.2, 0.25) is 0 Å². The summed E-state index contributed by atoms with van der Waals surface area (Å²) in [5.74, 6) is 4.88. The summed E-state index contributed by atoms with van der Waals surface area (Å²) in [6.07, 6.45) is 0. The SMILES string of the molecule is Cc1cc(F)cc(C(NN)c2c(C)cc(C)cc2F)c1. The molecule has 106 valence electrons. The molecule has 1 atom stereocenters. The summed E-state index contributed by atoms with van der Waals surface area (Å²) in [5.41, 5.74) is 6.03. The number of aryl methyl sites for hydroxylation is 3. The molecule has 3 N–H and O–H groups in total. The van der Waals surface area contributed by atoms with Crippen molar-refractivity contribution in [3.8, 4) is 0 Å². The van der Waals surface area contributed by atoms with Gasteiger partial charge < -0.3 is 0 Å². The second-order valence-electron chi connectivity index (χ2n) is 5.14. The Morgan fingerprint density at radius 2 is 1.60 bits per heavy atom. The highest BCUT2D eigenvalue weighted by Crippen LogP contribution is 2.28. The third kappa shape index (κ3) is 2.86. The molecule has 2 aromatic rings. The van der Waals surface area contributed by atoms with Crippen molar-refractivity contribution in [2.75, 3.05) is 0 Å². The molecule has 20 heavy (non-hydrogen) atoms. The smallest absolute Gasteiger partial charge is 0.128 e. The van der Waals surface area contributed by atoms with Crippen molar-refractivity contribution in [3.05, 3.63) is 69.8 Å². The molecule has 2 aromatic carbocycles. The van der Waals surface area contributed by atoms with E-state index in [1.165, 1.54) is 18.2 Å². The number of benzene rings is 2. The van der Waals surface area contributed by atoms with Crippen LogP contribution in [0.3, 0.4) is 0 Å². The van der Waals surface area contributed by atoms with Crippen LogP contribution >= 0.6 is 0 Å². The van der Waals surface area contributed by atoms with E-state index in [9.17, 15) is 8.78 Å². The molecule has 0 heterocycles. The lowest BCUT2D eigenvalue weighted by molar-refractivity contribution is 0.551. The molecule has 2 rings (SSSR count). The highest BCUT2D eigenvalue weighted by atomic mass is 19.1. The van der Waals surface area contributed by atoms with Crippen LogP contribution < -0.4 is 11.3 Å². The van der Waals surface area contributed by atoms with Gasteiger partial charge in [0.2, 0.25) is 0 Å². The van der Waals surface area contributed by atoms with Gasteiger partial charge in [0.15, 0.2) is 0 Å². The fraction of sp³-hybridized carbons (Fsp3) is 0.250. The summed E-state index contributed by atoms with van der Waals surface area (Å²) in [6, 6.07) is 7.36. The molecule has 0 aliphatic carbocycles. The van der Waals surface area contributed by atoms with Gasteiger partial charge in [0, 0.05) is 5.56 Å². The summed E-state index contributed by atoms with van der Waals surface area (Å²) >= 11 is 0. The van der Waals surface area contributed by atoms with E-state index in [4.69, 9.17) is 5.84 Å². The van der Waals surface area contributed by atoms with E-state index < -0.39 is 6.04 Å². The molecule has 2 nitrogen and oxygen atoms in total. The summed E-state index contributed by atoms with van der Waals surface area (Å²) in [5, 5.41) is 0. The Bertz CT molecular complexity index is 595. The molecular weight excluding hydrogens is 258 g/mol. The van der Waals surface area contributed by atoms with Gasteiger partial charge in [0.25, 0.3) is 0 Å². The maximum absolute atomic E-state index is 14.2. The minimum atomic E-state index is -0.579. The van der Waals surface area contributed by atoms with Crippen molar-refractivity contribution >= 4 is 0 Å². The number of nitrogens with one attached hydrogen (secondary N) is 1. The highest BCUT2D eigenvalue weighted by Gasteiger charge is 2.20. The van der Waals surface area contributed by atoms with E-state index in [0.29, 0.717) is 11.1 Å². The van der Waals surface area contributed by atoms with Gasteiger partial charge in [0.05, 0.1) is 6.04 Å². The van der Waals surface area contributed by atoms with Crippen molar-refractivity contribution in [2.24, 2.45) is 5.84 Å². The van der Waals surface area contributed by atoms with Crippen LogP contribution in [-0.4, -0.2) is 0 Å². The molecule has 0 amide bonds. The number of nitrogens with two attached hydrogens (primary N) is 1. The van der Waals surface area contributed by atoms with Gasteiger partial charge in [-0.2, -0.15) is 0 Å². The Kier molecular flexibility index (Phi) is 4.16. The van der Waals surface area contributed by atoms with E-state index in [-0.39, 0.29) is 11.6 Å². The summed E-state index contributed by atoms with van der Waals surface area (Å²) < 4.78 is 27.8. The first-order valence-electron chi connectivity index (χ1n) is 6.42. The van der Waals surface area contributed by atoms with Crippen LogP contribution in [-0.2, 0) is 0 Å². The third-order valence-electron chi connectivity index (χ3n) is 3.33. The molecule has 0 radical (unpaired) electrons. The van der Waals surface area contributed by atoms with Crippen LogP contribution in [0.4, 0.5) is 8.78 Å². The summed E-state index contributed by atoms with van der Waals surface area (Å²) in [6.45, 7) is 5.44. The summed E-state index contributed by atoms with van der Waals surface area (Å²) in [7, 11) is 0. The van der Waals surface area contributed by atoms with Crippen LogP contribution in [0.1, 0.15) is 33.9 Å². The van der Waals surface area contributed by atoms with Crippen molar-refractivity contribution in [1.82, 2.24) is 5.43 Å². The molecule has 0 bridgehead atoms.